The van der Waals surface area contributed by atoms with Gasteiger partial charge in [0.15, 0.2) is 0 Å². The number of urea groups is 1. The lowest BCUT2D eigenvalue weighted by atomic mass is 10.1. The zero-order valence-electron chi connectivity index (χ0n) is 16.8. The molecule has 5 nitrogen and oxygen atoms in total. The summed E-state index contributed by atoms with van der Waals surface area (Å²) < 4.78 is 2.17. The van der Waals surface area contributed by atoms with E-state index in [4.69, 9.17) is 4.98 Å². The van der Waals surface area contributed by atoms with Gasteiger partial charge >= 0.3 is 6.03 Å². The number of carbonyl (C=O) groups is 1. The van der Waals surface area contributed by atoms with Gasteiger partial charge in [0.1, 0.15) is 6.17 Å². The van der Waals surface area contributed by atoms with E-state index in [0.717, 1.165) is 39.1 Å². The number of imidazole rings is 1. The van der Waals surface area contributed by atoms with E-state index in [1.807, 2.05) is 72.5 Å². The van der Waals surface area contributed by atoms with Gasteiger partial charge in [-0.25, -0.2) is 14.7 Å². The summed E-state index contributed by atoms with van der Waals surface area (Å²) in [5.74, 6) is 0.656. The average molecular weight is 392 g/mol. The number of rotatable bonds is 2. The van der Waals surface area contributed by atoms with Crippen LogP contribution in [0.25, 0.3) is 17.1 Å². The highest BCUT2D eigenvalue weighted by molar-refractivity contribution is 6.11. The van der Waals surface area contributed by atoms with Gasteiger partial charge < -0.3 is 0 Å². The van der Waals surface area contributed by atoms with Gasteiger partial charge in [0.25, 0.3) is 0 Å². The fourth-order valence-corrected chi connectivity index (χ4v) is 4.38. The number of nitrogens with zero attached hydrogens (tertiary/aromatic N) is 4. The molecule has 1 aromatic heterocycles. The summed E-state index contributed by atoms with van der Waals surface area (Å²) in [7, 11) is 0. The van der Waals surface area contributed by atoms with Gasteiger partial charge in [-0.3, -0.25) is 9.47 Å². The highest BCUT2D eigenvalue weighted by atomic mass is 16.2. The Morgan fingerprint density at radius 3 is 2.20 bits per heavy atom. The second kappa shape index (κ2) is 6.07. The van der Waals surface area contributed by atoms with E-state index in [0.29, 0.717) is 5.95 Å². The molecule has 0 fully saturated rings. The number of hydrogen-bond acceptors (Lipinski definition) is 2. The molecule has 30 heavy (non-hydrogen) atoms. The first kappa shape index (κ1) is 17.0. The summed E-state index contributed by atoms with van der Waals surface area (Å²) in [6.07, 6.45) is 3.92. The SMILES string of the molecule is Cc1ccc(N2C(=O)N(c3ccc(C)cc3)C3C=Cc4cccc5nc2n3c45)cc1. The Kier molecular flexibility index (Phi) is 3.45. The molecule has 0 saturated carbocycles. The van der Waals surface area contributed by atoms with E-state index >= 15 is 0 Å². The van der Waals surface area contributed by atoms with Crippen LogP contribution in [0.5, 0.6) is 0 Å². The van der Waals surface area contributed by atoms with Crippen molar-refractivity contribution >= 4 is 40.5 Å². The molecule has 3 aromatic carbocycles. The molecule has 1 unspecified atom stereocenters. The molecular formula is C25H20N4O. The van der Waals surface area contributed by atoms with Gasteiger partial charge in [-0.05, 0) is 50.3 Å². The van der Waals surface area contributed by atoms with Crippen molar-refractivity contribution in [3.8, 4) is 0 Å². The number of carbonyl (C=O) groups excluding carboxylic acids is 1. The molecule has 0 aliphatic carbocycles. The highest BCUT2D eigenvalue weighted by Crippen LogP contribution is 2.44. The predicted molar refractivity (Wildman–Crippen MR) is 120 cm³/mol. The van der Waals surface area contributed by atoms with E-state index < -0.39 is 0 Å². The molecule has 0 bridgehead atoms. The summed E-state index contributed by atoms with van der Waals surface area (Å²) >= 11 is 0. The van der Waals surface area contributed by atoms with Gasteiger partial charge in [0, 0.05) is 11.3 Å². The maximum absolute atomic E-state index is 13.9. The number of hydrogen-bond donors (Lipinski definition) is 0. The average Bonchev–Trinajstić information content (AvgIpc) is 3.14. The first-order chi connectivity index (χ1) is 14.6. The Morgan fingerprint density at radius 1 is 0.833 bits per heavy atom. The third-order valence-corrected chi connectivity index (χ3v) is 5.90. The Balaban J connectivity index is 1.64. The number of benzene rings is 3. The number of anilines is 3. The molecule has 146 valence electrons. The minimum Gasteiger partial charge on any atom is -0.284 e. The zero-order valence-corrected chi connectivity index (χ0v) is 16.8. The normalized spacial score (nSPS) is 17.1. The first-order valence-electron chi connectivity index (χ1n) is 10.1. The fraction of sp³-hybridized carbons (Fsp3) is 0.120. The minimum absolute atomic E-state index is 0.108. The molecule has 1 atom stereocenters. The van der Waals surface area contributed by atoms with E-state index in [9.17, 15) is 4.79 Å². The molecule has 0 saturated heterocycles. The van der Waals surface area contributed by atoms with Crippen LogP contribution in [0.1, 0.15) is 22.9 Å². The zero-order chi connectivity index (χ0) is 20.4. The summed E-state index contributed by atoms with van der Waals surface area (Å²) in [4.78, 5) is 22.3. The van der Waals surface area contributed by atoms with Crippen LogP contribution in [-0.4, -0.2) is 15.6 Å². The molecule has 0 radical (unpaired) electrons. The Labute approximate surface area is 174 Å². The second-order valence-corrected chi connectivity index (χ2v) is 7.93. The van der Waals surface area contributed by atoms with E-state index in [-0.39, 0.29) is 12.2 Å². The monoisotopic (exact) mass is 392 g/mol. The van der Waals surface area contributed by atoms with Crippen LogP contribution in [0.4, 0.5) is 22.1 Å². The summed E-state index contributed by atoms with van der Waals surface area (Å²) in [6, 6.07) is 22.1. The van der Waals surface area contributed by atoms with Crippen LogP contribution in [0, 0.1) is 13.8 Å². The van der Waals surface area contributed by atoms with Crippen molar-refractivity contribution in [3.05, 3.63) is 89.5 Å². The van der Waals surface area contributed by atoms with Gasteiger partial charge in [0.2, 0.25) is 5.95 Å². The fourth-order valence-electron chi connectivity index (χ4n) is 4.38. The van der Waals surface area contributed by atoms with Crippen LogP contribution in [0.2, 0.25) is 0 Å². The maximum Gasteiger partial charge on any atom is 0.337 e. The lowest BCUT2D eigenvalue weighted by molar-refractivity contribution is 0.247. The third-order valence-electron chi connectivity index (χ3n) is 5.90. The van der Waals surface area contributed by atoms with Gasteiger partial charge in [-0.15, -0.1) is 0 Å². The van der Waals surface area contributed by atoms with Gasteiger partial charge in [-0.1, -0.05) is 53.6 Å². The molecule has 2 amide bonds. The quantitative estimate of drug-likeness (QED) is 0.422. The molecule has 4 aromatic rings. The van der Waals surface area contributed by atoms with Crippen LogP contribution in [0.15, 0.2) is 72.8 Å². The smallest absolute Gasteiger partial charge is 0.284 e. The molecule has 6 rings (SSSR count). The predicted octanol–water partition coefficient (Wildman–Crippen LogP) is 5.96. The number of aryl methyl sites for hydroxylation is 2. The second-order valence-electron chi connectivity index (χ2n) is 7.93. The van der Waals surface area contributed by atoms with Crippen LogP contribution in [0.3, 0.4) is 0 Å². The molecule has 2 aliphatic rings. The standard InChI is InChI=1S/C25H20N4O/c1-16-6-11-19(12-7-16)27-22-15-10-18-4-3-5-21-23(18)29(22)24(26-21)28(25(27)30)20-13-8-17(2)9-14-20/h3-15,22H,1-2H3. The van der Waals surface area contributed by atoms with Crippen molar-refractivity contribution in [2.75, 3.05) is 9.80 Å². The first-order valence-corrected chi connectivity index (χ1v) is 10.1. The molecule has 5 heteroatoms. The Morgan fingerprint density at radius 2 is 1.50 bits per heavy atom. The van der Waals surface area contributed by atoms with Crippen LogP contribution >= 0.6 is 0 Å². The topological polar surface area (TPSA) is 41.4 Å². The number of amides is 2. The number of aromatic nitrogens is 2. The van der Waals surface area contributed by atoms with Gasteiger partial charge in [0.05, 0.1) is 16.7 Å². The van der Waals surface area contributed by atoms with Crippen molar-refractivity contribution < 1.29 is 4.79 Å². The molecule has 3 heterocycles. The Hall–Kier alpha value is -3.86. The highest BCUT2D eigenvalue weighted by Gasteiger charge is 2.41. The van der Waals surface area contributed by atoms with Crippen molar-refractivity contribution in [3.63, 3.8) is 0 Å². The lowest BCUT2D eigenvalue weighted by Gasteiger charge is -2.42. The van der Waals surface area contributed by atoms with Crippen molar-refractivity contribution in [1.29, 1.82) is 0 Å². The molecule has 0 spiro atoms. The molecule has 2 aliphatic heterocycles. The van der Waals surface area contributed by atoms with Crippen molar-refractivity contribution in [2.24, 2.45) is 0 Å². The number of para-hydroxylation sites is 1. The van der Waals surface area contributed by atoms with Crippen molar-refractivity contribution in [1.82, 2.24) is 9.55 Å². The molecule has 0 N–H and O–H groups in total. The lowest BCUT2D eigenvalue weighted by Crippen LogP contribution is -2.50. The molecular weight excluding hydrogens is 372 g/mol. The minimum atomic E-state index is -0.253. The largest absolute Gasteiger partial charge is 0.337 e. The van der Waals surface area contributed by atoms with E-state index in [2.05, 4.69) is 29.7 Å². The van der Waals surface area contributed by atoms with Gasteiger partial charge in [-0.2, -0.15) is 0 Å². The van der Waals surface area contributed by atoms with Crippen molar-refractivity contribution in [2.45, 2.75) is 20.0 Å². The maximum atomic E-state index is 13.9. The van der Waals surface area contributed by atoms with Crippen LogP contribution < -0.4 is 9.80 Å². The van der Waals surface area contributed by atoms with E-state index in [1.54, 1.807) is 4.90 Å². The summed E-state index contributed by atoms with van der Waals surface area (Å²) in [5, 5.41) is 0. The third kappa shape index (κ3) is 2.29. The summed E-state index contributed by atoms with van der Waals surface area (Å²) in [6.45, 7) is 4.09. The van der Waals surface area contributed by atoms with Crippen LogP contribution in [-0.2, 0) is 0 Å². The van der Waals surface area contributed by atoms with E-state index in [1.165, 1.54) is 0 Å². The summed E-state index contributed by atoms with van der Waals surface area (Å²) in [5.41, 5.74) is 7.05. The Bertz CT molecular complexity index is 1330.